The summed E-state index contributed by atoms with van der Waals surface area (Å²) in [5, 5.41) is 5.09. The van der Waals surface area contributed by atoms with E-state index in [4.69, 9.17) is 0 Å². The molecule has 0 aromatic heterocycles. The molecule has 0 fully saturated rings. The molecule has 26 heavy (non-hydrogen) atoms. The Kier molecular flexibility index (Phi) is 7.80. The van der Waals surface area contributed by atoms with Crippen molar-refractivity contribution in [3.63, 3.8) is 0 Å². The molecule has 1 nitrogen and oxygen atoms in total. The van der Waals surface area contributed by atoms with Gasteiger partial charge < -0.3 is 0 Å². The molecule has 0 aliphatic rings. The number of allylic oxidation sites excluding steroid dienone is 2. The van der Waals surface area contributed by atoms with Gasteiger partial charge in [-0.05, 0) is 59.0 Å². The number of aldehydes is 1. The average Bonchev–Trinajstić information content (AvgIpc) is 2.67. The van der Waals surface area contributed by atoms with E-state index in [1.165, 1.54) is 6.08 Å². The minimum absolute atomic E-state index is 0.443. The van der Waals surface area contributed by atoms with Crippen molar-refractivity contribution >= 4 is 31.5 Å². The van der Waals surface area contributed by atoms with Crippen LogP contribution in [0.4, 0.5) is 0 Å². The van der Waals surface area contributed by atoms with Crippen molar-refractivity contribution < 1.29 is 4.79 Å². The van der Waals surface area contributed by atoms with E-state index in [2.05, 4.69) is 71.3 Å². The van der Waals surface area contributed by atoms with E-state index < -0.39 is 0 Å². The van der Waals surface area contributed by atoms with Gasteiger partial charge >= 0.3 is 0 Å². The number of carbonyl (C=O) groups excluding carboxylic acids is 1. The molecule has 0 aliphatic carbocycles. The zero-order valence-electron chi connectivity index (χ0n) is 13.6. The van der Waals surface area contributed by atoms with Crippen molar-refractivity contribution in [1.82, 2.24) is 0 Å². The van der Waals surface area contributed by atoms with Crippen molar-refractivity contribution in [3.05, 3.63) is 82.4 Å². The molecule has 0 atom stereocenters. The van der Waals surface area contributed by atoms with Gasteiger partial charge in [0.25, 0.3) is 0 Å². The maximum absolute atomic E-state index is 10.8. The van der Waals surface area contributed by atoms with Gasteiger partial charge in [0.05, 0.1) is 5.57 Å². The van der Waals surface area contributed by atoms with Crippen molar-refractivity contribution in [1.29, 1.82) is 0 Å². The highest BCUT2D eigenvalue weighted by atomic mass is 32.1. The lowest BCUT2D eigenvalue weighted by molar-refractivity contribution is -0.104. The number of benzene rings is 2. The van der Waals surface area contributed by atoms with E-state index in [9.17, 15) is 4.79 Å². The summed E-state index contributed by atoms with van der Waals surface area (Å²) in [6, 6.07) is 14.9. The van der Waals surface area contributed by atoms with E-state index in [0.29, 0.717) is 11.9 Å². The first-order valence-corrected chi connectivity index (χ1v) is 8.34. The van der Waals surface area contributed by atoms with E-state index in [0.717, 1.165) is 22.3 Å². The first kappa shape index (κ1) is 19.1. The second-order valence-corrected chi connectivity index (χ2v) is 5.29. The Morgan fingerprint density at radius 2 is 1.00 bits per heavy atom. The number of thiol groups is 2. The van der Waals surface area contributed by atoms with Crippen LogP contribution >= 0.6 is 25.3 Å². The third-order valence-electron chi connectivity index (χ3n) is 3.09. The summed E-state index contributed by atoms with van der Waals surface area (Å²) in [5.41, 5.74) is 3.78. The van der Waals surface area contributed by atoms with Crippen LogP contribution in [0.5, 0.6) is 0 Å². The standard InChI is InChI=1S/C23H12OS2/c24-16-13-21(7-1-19-3-9-22(10-4-19)14-17-25)8-2-20-5-11-23(12-6-20)15-18-26/h3-6,9-13,16,25-26H. The lowest BCUT2D eigenvalue weighted by Gasteiger charge is -1.92. The van der Waals surface area contributed by atoms with Gasteiger partial charge in [-0.3, -0.25) is 4.79 Å². The molecule has 0 heterocycles. The van der Waals surface area contributed by atoms with Gasteiger partial charge in [-0.25, -0.2) is 0 Å². The number of hydrogen-bond donors (Lipinski definition) is 2. The molecule has 2 aromatic carbocycles. The third-order valence-corrected chi connectivity index (χ3v) is 3.31. The molecule has 0 radical (unpaired) electrons. The Balaban J connectivity index is 2.20. The van der Waals surface area contributed by atoms with Crippen LogP contribution in [0.25, 0.3) is 0 Å². The maximum atomic E-state index is 10.8. The minimum Gasteiger partial charge on any atom is -0.298 e. The summed E-state index contributed by atoms with van der Waals surface area (Å²) in [6.45, 7) is 0. The number of carbonyl (C=O) groups is 1. The summed E-state index contributed by atoms with van der Waals surface area (Å²) in [7, 11) is 0. The van der Waals surface area contributed by atoms with Crippen LogP contribution in [-0.2, 0) is 4.79 Å². The highest BCUT2D eigenvalue weighted by Crippen LogP contribution is 2.04. The third kappa shape index (κ3) is 6.36. The smallest absolute Gasteiger partial charge is 0.144 e. The fraction of sp³-hybridized carbons (Fsp3) is 0. The monoisotopic (exact) mass is 368 g/mol. The predicted molar refractivity (Wildman–Crippen MR) is 113 cm³/mol. The first-order chi connectivity index (χ1) is 12.7. The molecule has 0 saturated carbocycles. The molecular weight excluding hydrogens is 356 g/mol. The van der Waals surface area contributed by atoms with E-state index >= 15 is 0 Å². The van der Waals surface area contributed by atoms with Crippen LogP contribution in [0.15, 0.2) is 60.2 Å². The lowest BCUT2D eigenvalue weighted by atomic mass is 10.1. The van der Waals surface area contributed by atoms with Gasteiger partial charge in [-0.15, -0.1) is 0 Å². The largest absolute Gasteiger partial charge is 0.298 e. The fourth-order valence-corrected chi connectivity index (χ4v) is 2.12. The Labute approximate surface area is 164 Å². The molecule has 3 heteroatoms. The van der Waals surface area contributed by atoms with Crippen molar-refractivity contribution in [2.24, 2.45) is 0 Å². The number of hydrogen-bond acceptors (Lipinski definition) is 3. The Morgan fingerprint density at radius 1 is 0.654 bits per heavy atom. The summed E-state index contributed by atoms with van der Waals surface area (Å²) >= 11 is 7.73. The zero-order valence-corrected chi connectivity index (χ0v) is 15.4. The predicted octanol–water partition coefficient (Wildman–Crippen LogP) is 3.69. The van der Waals surface area contributed by atoms with E-state index in [1.807, 2.05) is 48.5 Å². The summed E-state index contributed by atoms with van der Waals surface area (Å²) in [5.74, 6) is 17.5. The van der Waals surface area contributed by atoms with Crippen LogP contribution in [0.1, 0.15) is 22.3 Å². The maximum Gasteiger partial charge on any atom is 0.144 e. The van der Waals surface area contributed by atoms with Crippen LogP contribution < -0.4 is 0 Å². The highest BCUT2D eigenvalue weighted by Gasteiger charge is 1.91. The van der Waals surface area contributed by atoms with Gasteiger partial charge in [0.1, 0.15) is 6.29 Å². The van der Waals surface area contributed by atoms with Gasteiger partial charge in [-0.1, -0.05) is 60.8 Å². The van der Waals surface area contributed by atoms with Crippen molar-refractivity contribution in [2.45, 2.75) is 0 Å². The summed E-state index contributed by atoms with van der Waals surface area (Å²) < 4.78 is 0. The van der Waals surface area contributed by atoms with Crippen LogP contribution in [-0.4, -0.2) is 6.29 Å². The summed E-state index contributed by atoms with van der Waals surface area (Å²) in [4.78, 5) is 10.8. The molecule has 0 spiro atoms. The molecule has 0 unspecified atom stereocenters. The molecular formula is C23H12OS2. The SMILES string of the molecule is O=CC=C(C#Cc1ccc(C#CS)cc1)C#Cc1ccc(C#CS)cc1. The van der Waals surface area contributed by atoms with Crippen molar-refractivity contribution in [3.8, 4) is 46.0 Å². The number of rotatable bonds is 1. The molecule has 0 amide bonds. The molecule has 0 N–H and O–H groups in total. The van der Waals surface area contributed by atoms with Crippen LogP contribution in [0.3, 0.4) is 0 Å². The van der Waals surface area contributed by atoms with Crippen LogP contribution in [0, 0.1) is 46.0 Å². The Morgan fingerprint density at radius 3 is 1.31 bits per heavy atom. The second-order valence-electron chi connectivity index (χ2n) is 4.84. The first-order valence-electron chi connectivity index (χ1n) is 7.45. The molecule has 0 bridgehead atoms. The van der Waals surface area contributed by atoms with E-state index in [1.54, 1.807) is 0 Å². The average molecular weight is 368 g/mol. The Bertz CT molecular complexity index is 977. The Hall–Kier alpha value is -3.21. The van der Waals surface area contributed by atoms with Crippen LogP contribution in [0.2, 0.25) is 0 Å². The van der Waals surface area contributed by atoms with Gasteiger partial charge in [0.2, 0.25) is 0 Å². The quantitative estimate of drug-likeness (QED) is 0.340. The van der Waals surface area contributed by atoms with E-state index in [-0.39, 0.29) is 0 Å². The fourth-order valence-electron chi connectivity index (χ4n) is 1.86. The second kappa shape index (κ2) is 10.6. The lowest BCUT2D eigenvalue weighted by Crippen LogP contribution is -1.80. The molecule has 2 aromatic rings. The topological polar surface area (TPSA) is 17.1 Å². The van der Waals surface area contributed by atoms with Gasteiger partial charge in [0, 0.05) is 28.3 Å². The highest BCUT2D eigenvalue weighted by molar-refractivity contribution is 7.85. The normalized spacial score (nSPS) is 8.08. The molecule has 0 aliphatic heterocycles. The molecule has 0 saturated heterocycles. The van der Waals surface area contributed by atoms with Crippen molar-refractivity contribution in [2.75, 3.05) is 0 Å². The molecule has 122 valence electrons. The minimum atomic E-state index is 0.443. The zero-order chi connectivity index (χ0) is 18.6. The van der Waals surface area contributed by atoms with Gasteiger partial charge in [-0.2, -0.15) is 0 Å². The molecule has 2 rings (SSSR count). The summed E-state index contributed by atoms with van der Waals surface area (Å²) in [6.07, 6.45) is 2.02. The van der Waals surface area contributed by atoms with Gasteiger partial charge in [0.15, 0.2) is 0 Å².